The second-order valence-corrected chi connectivity index (χ2v) is 7.86. The molecule has 3 N–H and O–H groups in total. The second kappa shape index (κ2) is 10.7. The van der Waals surface area contributed by atoms with Crippen molar-refractivity contribution in [1.29, 1.82) is 0 Å². The molecule has 4 rings (SSSR count). The summed E-state index contributed by atoms with van der Waals surface area (Å²) in [5.41, 5.74) is 2.28. The molecule has 0 unspecified atom stereocenters. The summed E-state index contributed by atoms with van der Waals surface area (Å²) in [7, 11) is 3.91. The number of amides is 1. The molecule has 0 aliphatic rings. The second-order valence-electron chi connectivity index (χ2n) is 7.86. The highest BCUT2D eigenvalue weighted by atomic mass is 19.1. The molecular formula is C25H25FN6O3. The minimum absolute atomic E-state index is 0.164. The molecule has 9 nitrogen and oxygen atoms in total. The fourth-order valence-electron chi connectivity index (χ4n) is 3.18. The largest absolute Gasteiger partial charge is 0.457 e. The molecule has 1 amide bonds. The predicted octanol–water partition coefficient (Wildman–Crippen LogP) is 5.00. The number of nitrogens with zero attached hydrogens (tertiary/aromatic N) is 3. The number of hydrogen-bond acceptors (Lipinski definition) is 8. The van der Waals surface area contributed by atoms with Gasteiger partial charge in [-0.15, -0.1) is 0 Å². The van der Waals surface area contributed by atoms with Crippen molar-refractivity contribution in [2.75, 3.05) is 43.1 Å². The minimum atomic E-state index is -0.395. The fourth-order valence-corrected chi connectivity index (χ4v) is 3.18. The first-order valence-electron chi connectivity index (χ1n) is 10.8. The summed E-state index contributed by atoms with van der Waals surface area (Å²) in [5, 5.41) is 8.76. The Labute approximate surface area is 201 Å². The van der Waals surface area contributed by atoms with E-state index < -0.39 is 5.82 Å². The topological polar surface area (TPSA) is 105 Å². The van der Waals surface area contributed by atoms with Crippen molar-refractivity contribution in [3.63, 3.8) is 0 Å². The standard InChI is InChI=1S/C25H25FN6O3/c1-4-22(33)28-16-6-5-7-18(14-16)35-24-23-21(10-13-34-23)30-25(31-24)29-17-8-9-20(19(26)15-17)27-11-12-32(2)3/h4-10,13-15,27H,1,11-12H2,2-3H3,(H,28,33)(H,29,30,31). The van der Waals surface area contributed by atoms with Gasteiger partial charge >= 0.3 is 0 Å². The molecule has 0 aliphatic carbocycles. The van der Waals surface area contributed by atoms with E-state index in [1.165, 1.54) is 18.4 Å². The molecule has 0 saturated carbocycles. The van der Waals surface area contributed by atoms with Gasteiger partial charge in [0.25, 0.3) is 5.88 Å². The average molecular weight is 477 g/mol. The molecule has 0 saturated heterocycles. The van der Waals surface area contributed by atoms with E-state index in [0.717, 1.165) is 6.54 Å². The van der Waals surface area contributed by atoms with E-state index >= 15 is 0 Å². The number of carbonyl (C=O) groups excluding carboxylic acids is 1. The van der Waals surface area contributed by atoms with E-state index in [1.807, 2.05) is 19.0 Å². The lowest BCUT2D eigenvalue weighted by Crippen LogP contribution is -2.21. The van der Waals surface area contributed by atoms with Crippen molar-refractivity contribution in [3.05, 3.63) is 73.3 Å². The molecule has 0 spiro atoms. The van der Waals surface area contributed by atoms with Crippen LogP contribution in [0.2, 0.25) is 0 Å². The van der Waals surface area contributed by atoms with Gasteiger partial charge in [0.15, 0.2) is 0 Å². The van der Waals surface area contributed by atoms with E-state index in [4.69, 9.17) is 9.15 Å². The quantitative estimate of drug-likeness (QED) is 0.275. The zero-order valence-corrected chi connectivity index (χ0v) is 19.3. The van der Waals surface area contributed by atoms with E-state index in [1.54, 1.807) is 42.5 Å². The number of carbonyl (C=O) groups is 1. The van der Waals surface area contributed by atoms with Crippen molar-refractivity contribution in [3.8, 4) is 11.6 Å². The molecule has 0 atom stereocenters. The van der Waals surface area contributed by atoms with Crippen LogP contribution in [0.1, 0.15) is 0 Å². The maximum absolute atomic E-state index is 14.6. The van der Waals surface area contributed by atoms with Gasteiger partial charge in [-0.2, -0.15) is 4.98 Å². The summed E-state index contributed by atoms with van der Waals surface area (Å²) in [4.78, 5) is 22.4. The Morgan fingerprint density at radius 2 is 2.03 bits per heavy atom. The van der Waals surface area contributed by atoms with E-state index in [9.17, 15) is 9.18 Å². The Balaban J connectivity index is 1.54. The molecule has 2 aromatic carbocycles. The van der Waals surface area contributed by atoms with Crippen LogP contribution in [0, 0.1) is 5.82 Å². The summed E-state index contributed by atoms with van der Waals surface area (Å²) in [6.45, 7) is 4.84. The number of likely N-dealkylation sites (N-methyl/N-ethyl adjacent to an activating group) is 1. The first-order chi connectivity index (χ1) is 16.9. The number of ether oxygens (including phenoxy) is 1. The van der Waals surface area contributed by atoms with Gasteiger partial charge < -0.3 is 30.0 Å². The lowest BCUT2D eigenvalue weighted by atomic mass is 10.2. The minimum Gasteiger partial charge on any atom is -0.457 e. The van der Waals surface area contributed by atoms with Crippen LogP contribution in [-0.4, -0.2) is 48.0 Å². The number of halogens is 1. The Kier molecular flexibility index (Phi) is 7.22. The smallest absolute Gasteiger partial charge is 0.268 e. The van der Waals surface area contributed by atoms with Gasteiger partial charge in [-0.05, 0) is 50.5 Å². The van der Waals surface area contributed by atoms with Gasteiger partial charge in [0.1, 0.15) is 17.1 Å². The SMILES string of the molecule is C=CC(=O)Nc1cccc(Oc2nc(Nc3ccc(NCCN(C)C)c(F)c3)nc3ccoc23)c1. The van der Waals surface area contributed by atoms with Crippen LogP contribution in [0.25, 0.3) is 11.1 Å². The van der Waals surface area contributed by atoms with Gasteiger partial charge in [0, 0.05) is 36.6 Å². The van der Waals surface area contributed by atoms with Gasteiger partial charge in [0.05, 0.1) is 12.0 Å². The molecule has 0 fully saturated rings. The fraction of sp³-hybridized carbons (Fsp3) is 0.160. The normalized spacial score (nSPS) is 10.9. The van der Waals surface area contributed by atoms with Crippen LogP contribution >= 0.6 is 0 Å². The number of rotatable bonds is 10. The van der Waals surface area contributed by atoms with Crippen LogP contribution in [0.3, 0.4) is 0 Å². The number of benzene rings is 2. The van der Waals surface area contributed by atoms with Gasteiger partial charge in [-0.3, -0.25) is 4.79 Å². The number of hydrogen-bond donors (Lipinski definition) is 3. The monoisotopic (exact) mass is 476 g/mol. The molecule has 2 aromatic heterocycles. The van der Waals surface area contributed by atoms with E-state index in [0.29, 0.717) is 40.5 Å². The number of nitrogens with one attached hydrogen (secondary N) is 3. The van der Waals surface area contributed by atoms with Crippen LogP contribution in [0.4, 0.5) is 27.4 Å². The average Bonchev–Trinajstić information content (AvgIpc) is 3.29. The van der Waals surface area contributed by atoms with Gasteiger partial charge in [-0.25, -0.2) is 9.37 Å². The summed E-state index contributed by atoms with van der Waals surface area (Å²) in [6, 6.07) is 13.2. The van der Waals surface area contributed by atoms with Crippen molar-refractivity contribution in [2.24, 2.45) is 0 Å². The Hall–Kier alpha value is -4.44. The lowest BCUT2D eigenvalue weighted by molar-refractivity contribution is -0.111. The number of furan rings is 1. The maximum Gasteiger partial charge on any atom is 0.268 e. The van der Waals surface area contributed by atoms with Crippen LogP contribution in [0.5, 0.6) is 11.6 Å². The molecule has 35 heavy (non-hydrogen) atoms. The Morgan fingerprint density at radius 3 is 2.80 bits per heavy atom. The first kappa shape index (κ1) is 23.7. The van der Waals surface area contributed by atoms with Gasteiger partial charge in [0.2, 0.25) is 17.4 Å². The molecular weight excluding hydrogens is 451 g/mol. The zero-order valence-electron chi connectivity index (χ0n) is 19.3. The predicted molar refractivity (Wildman–Crippen MR) is 134 cm³/mol. The van der Waals surface area contributed by atoms with Crippen LogP contribution in [-0.2, 0) is 4.79 Å². The first-order valence-corrected chi connectivity index (χ1v) is 10.8. The molecule has 0 bridgehead atoms. The molecule has 0 radical (unpaired) electrons. The third kappa shape index (κ3) is 6.12. The summed E-state index contributed by atoms with van der Waals surface area (Å²) < 4.78 is 26.0. The number of fused-ring (bicyclic) bond motifs is 1. The molecule has 2 heterocycles. The maximum atomic E-state index is 14.6. The van der Waals surface area contributed by atoms with Crippen molar-refractivity contribution in [2.45, 2.75) is 0 Å². The lowest BCUT2D eigenvalue weighted by Gasteiger charge is -2.13. The van der Waals surface area contributed by atoms with Crippen molar-refractivity contribution >= 4 is 40.0 Å². The third-order valence-electron chi connectivity index (χ3n) is 4.87. The highest BCUT2D eigenvalue weighted by Crippen LogP contribution is 2.31. The van der Waals surface area contributed by atoms with Crippen LogP contribution < -0.4 is 20.7 Å². The Bertz CT molecular complexity index is 1350. The third-order valence-corrected chi connectivity index (χ3v) is 4.87. The molecule has 10 heteroatoms. The summed E-state index contributed by atoms with van der Waals surface area (Å²) >= 11 is 0. The van der Waals surface area contributed by atoms with Crippen molar-refractivity contribution in [1.82, 2.24) is 14.9 Å². The highest BCUT2D eigenvalue weighted by Gasteiger charge is 2.14. The molecule has 180 valence electrons. The van der Waals surface area contributed by atoms with Crippen molar-refractivity contribution < 1.29 is 18.3 Å². The van der Waals surface area contributed by atoms with E-state index in [2.05, 4.69) is 32.5 Å². The highest BCUT2D eigenvalue weighted by molar-refractivity contribution is 5.99. The molecule has 4 aromatic rings. The number of aromatic nitrogens is 2. The van der Waals surface area contributed by atoms with Gasteiger partial charge in [-0.1, -0.05) is 12.6 Å². The summed E-state index contributed by atoms with van der Waals surface area (Å²) in [6.07, 6.45) is 2.65. The zero-order chi connectivity index (χ0) is 24.8. The summed E-state index contributed by atoms with van der Waals surface area (Å²) in [5.74, 6) is 0.0616. The Morgan fingerprint density at radius 1 is 1.17 bits per heavy atom. The van der Waals surface area contributed by atoms with E-state index in [-0.39, 0.29) is 17.7 Å². The van der Waals surface area contributed by atoms with Crippen LogP contribution in [0.15, 0.2) is 71.9 Å². The molecule has 0 aliphatic heterocycles. The number of anilines is 4.